The van der Waals surface area contributed by atoms with Crippen molar-refractivity contribution in [3.63, 3.8) is 0 Å². The lowest BCUT2D eigenvalue weighted by atomic mass is 10.2. The Kier molecular flexibility index (Phi) is 6.35. The molecule has 0 spiro atoms. The second-order valence-corrected chi connectivity index (χ2v) is 5.35. The Balaban J connectivity index is 2.14. The molecule has 0 fully saturated rings. The zero-order chi connectivity index (χ0) is 18.3. The number of nitrogens with two attached hydrogens (primary N) is 1. The first-order chi connectivity index (χ1) is 11.9. The van der Waals surface area contributed by atoms with Gasteiger partial charge in [-0.3, -0.25) is 4.79 Å². The van der Waals surface area contributed by atoms with Gasteiger partial charge in [0.2, 0.25) is 0 Å². The van der Waals surface area contributed by atoms with Crippen molar-refractivity contribution in [1.29, 1.82) is 0 Å². The third-order valence-corrected chi connectivity index (χ3v) is 3.42. The molecular formula is C17H19F3N4O. The van der Waals surface area contributed by atoms with Gasteiger partial charge in [-0.1, -0.05) is 6.07 Å². The molecule has 1 amide bonds. The zero-order valence-electron chi connectivity index (χ0n) is 13.4. The molecule has 25 heavy (non-hydrogen) atoms. The van der Waals surface area contributed by atoms with Crippen LogP contribution in [-0.2, 0) is 6.18 Å². The summed E-state index contributed by atoms with van der Waals surface area (Å²) in [5.74, 6) is -0.155. The van der Waals surface area contributed by atoms with Crippen LogP contribution in [0.2, 0.25) is 0 Å². The second kappa shape index (κ2) is 8.48. The quantitative estimate of drug-likeness (QED) is 0.668. The Morgan fingerprint density at radius 2 is 1.96 bits per heavy atom. The normalized spacial score (nSPS) is 11.2. The highest BCUT2D eigenvalue weighted by Gasteiger charge is 2.30. The summed E-state index contributed by atoms with van der Waals surface area (Å²) in [5.41, 5.74) is 5.08. The molecule has 8 heteroatoms. The maximum absolute atomic E-state index is 12.8. The number of rotatable bonds is 7. The molecule has 2 rings (SSSR count). The highest BCUT2D eigenvalue weighted by atomic mass is 19.4. The number of amides is 1. The number of aromatic nitrogens is 1. The van der Waals surface area contributed by atoms with Crippen LogP contribution in [0.1, 0.15) is 28.8 Å². The van der Waals surface area contributed by atoms with E-state index in [-0.39, 0.29) is 23.0 Å². The smallest absolute Gasteiger partial charge is 0.352 e. The minimum atomic E-state index is -4.44. The molecule has 0 aliphatic carbocycles. The van der Waals surface area contributed by atoms with Crippen molar-refractivity contribution >= 4 is 17.4 Å². The van der Waals surface area contributed by atoms with E-state index >= 15 is 0 Å². The number of pyridine rings is 1. The Morgan fingerprint density at radius 3 is 2.68 bits per heavy atom. The van der Waals surface area contributed by atoms with Gasteiger partial charge in [0.15, 0.2) is 0 Å². The van der Waals surface area contributed by atoms with Crippen LogP contribution >= 0.6 is 0 Å². The van der Waals surface area contributed by atoms with Crippen molar-refractivity contribution in [1.82, 2.24) is 10.3 Å². The monoisotopic (exact) mass is 352 g/mol. The standard InChI is InChI=1S/C17H19F3N4O/c18-17(19,20)12-5-3-6-13(11-12)24-15-14(7-4-10-22-15)16(25)23-9-2-1-8-21/h3-7,10-11H,1-2,8-9,21H2,(H,22,24)(H,23,25). The third-order valence-electron chi connectivity index (χ3n) is 3.42. The largest absolute Gasteiger partial charge is 0.416 e. The predicted molar refractivity (Wildman–Crippen MR) is 89.6 cm³/mol. The number of carbonyl (C=O) groups is 1. The Hall–Kier alpha value is -2.61. The van der Waals surface area contributed by atoms with Gasteiger partial charge in [0.05, 0.1) is 11.1 Å². The maximum atomic E-state index is 12.8. The summed E-state index contributed by atoms with van der Waals surface area (Å²) >= 11 is 0. The lowest BCUT2D eigenvalue weighted by molar-refractivity contribution is -0.137. The van der Waals surface area contributed by atoms with Crippen LogP contribution in [-0.4, -0.2) is 24.0 Å². The first-order valence-electron chi connectivity index (χ1n) is 7.79. The van der Waals surface area contributed by atoms with Crippen LogP contribution in [0.5, 0.6) is 0 Å². The molecule has 5 nitrogen and oxygen atoms in total. The van der Waals surface area contributed by atoms with E-state index < -0.39 is 11.7 Å². The fourth-order valence-electron chi connectivity index (χ4n) is 2.16. The van der Waals surface area contributed by atoms with Gasteiger partial charge >= 0.3 is 6.18 Å². The van der Waals surface area contributed by atoms with Crippen molar-refractivity contribution in [3.05, 3.63) is 53.7 Å². The van der Waals surface area contributed by atoms with Crippen molar-refractivity contribution in [2.75, 3.05) is 18.4 Å². The second-order valence-electron chi connectivity index (χ2n) is 5.35. The van der Waals surface area contributed by atoms with Gasteiger partial charge in [0.1, 0.15) is 5.82 Å². The van der Waals surface area contributed by atoms with Gasteiger partial charge in [0, 0.05) is 18.4 Å². The van der Waals surface area contributed by atoms with Crippen molar-refractivity contribution in [2.24, 2.45) is 5.73 Å². The molecule has 0 saturated carbocycles. The maximum Gasteiger partial charge on any atom is 0.416 e. The van der Waals surface area contributed by atoms with E-state index in [1.165, 1.54) is 18.3 Å². The number of nitrogens with zero attached hydrogens (tertiary/aromatic N) is 1. The molecule has 0 saturated heterocycles. The lowest BCUT2D eigenvalue weighted by Crippen LogP contribution is -2.25. The molecule has 0 atom stereocenters. The summed E-state index contributed by atoms with van der Waals surface area (Å²) in [6.07, 6.45) is -1.44. The van der Waals surface area contributed by atoms with Crippen LogP contribution in [0.25, 0.3) is 0 Å². The number of nitrogens with one attached hydrogen (secondary N) is 2. The molecule has 4 N–H and O–H groups in total. The molecule has 2 aromatic rings. The number of benzene rings is 1. The summed E-state index contributed by atoms with van der Waals surface area (Å²) in [6.45, 7) is 1.01. The molecule has 1 heterocycles. The highest BCUT2D eigenvalue weighted by molar-refractivity contribution is 5.99. The van der Waals surface area contributed by atoms with E-state index in [4.69, 9.17) is 5.73 Å². The topological polar surface area (TPSA) is 80.0 Å². The summed E-state index contributed by atoms with van der Waals surface area (Å²) < 4.78 is 38.4. The third kappa shape index (κ3) is 5.46. The SMILES string of the molecule is NCCCCNC(=O)c1cccnc1Nc1cccc(C(F)(F)F)c1. The summed E-state index contributed by atoms with van der Waals surface area (Å²) in [4.78, 5) is 16.3. The summed E-state index contributed by atoms with van der Waals surface area (Å²) in [7, 11) is 0. The first-order valence-corrected chi connectivity index (χ1v) is 7.79. The average Bonchev–Trinajstić information content (AvgIpc) is 2.58. The number of halogens is 3. The van der Waals surface area contributed by atoms with E-state index in [2.05, 4.69) is 15.6 Å². The fourth-order valence-corrected chi connectivity index (χ4v) is 2.16. The number of hydrogen-bond acceptors (Lipinski definition) is 4. The number of unbranched alkanes of at least 4 members (excludes halogenated alkanes) is 1. The van der Waals surface area contributed by atoms with Crippen LogP contribution < -0.4 is 16.4 Å². The molecular weight excluding hydrogens is 333 g/mol. The molecule has 0 aliphatic heterocycles. The zero-order valence-corrected chi connectivity index (χ0v) is 13.4. The Morgan fingerprint density at radius 1 is 1.16 bits per heavy atom. The molecule has 134 valence electrons. The fraction of sp³-hybridized carbons (Fsp3) is 0.294. The Bertz CT molecular complexity index is 719. The first kappa shape index (κ1) is 18.7. The van der Waals surface area contributed by atoms with E-state index in [1.54, 1.807) is 12.1 Å². The van der Waals surface area contributed by atoms with Gasteiger partial charge < -0.3 is 16.4 Å². The average molecular weight is 352 g/mol. The van der Waals surface area contributed by atoms with E-state index in [9.17, 15) is 18.0 Å². The number of carbonyl (C=O) groups excluding carboxylic acids is 1. The minimum absolute atomic E-state index is 0.193. The van der Waals surface area contributed by atoms with Gasteiger partial charge in [-0.15, -0.1) is 0 Å². The van der Waals surface area contributed by atoms with Gasteiger partial charge in [-0.25, -0.2) is 4.98 Å². The minimum Gasteiger partial charge on any atom is -0.352 e. The van der Waals surface area contributed by atoms with Crippen LogP contribution in [0.15, 0.2) is 42.6 Å². The summed E-state index contributed by atoms with van der Waals surface area (Å²) in [6, 6.07) is 7.87. The number of anilines is 2. The van der Waals surface area contributed by atoms with Crippen molar-refractivity contribution in [2.45, 2.75) is 19.0 Å². The molecule has 1 aromatic carbocycles. The number of alkyl halides is 3. The lowest BCUT2D eigenvalue weighted by Gasteiger charge is -2.13. The van der Waals surface area contributed by atoms with Crippen LogP contribution in [0.4, 0.5) is 24.7 Å². The van der Waals surface area contributed by atoms with Crippen LogP contribution in [0, 0.1) is 0 Å². The Labute approximate surface area is 143 Å². The van der Waals surface area contributed by atoms with Gasteiger partial charge in [-0.2, -0.15) is 13.2 Å². The molecule has 0 aliphatic rings. The van der Waals surface area contributed by atoms with Crippen molar-refractivity contribution < 1.29 is 18.0 Å². The molecule has 1 aromatic heterocycles. The van der Waals surface area contributed by atoms with E-state index in [0.717, 1.165) is 25.0 Å². The predicted octanol–water partition coefficient (Wildman–Crippen LogP) is 3.31. The highest BCUT2D eigenvalue weighted by Crippen LogP contribution is 2.31. The van der Waals surface area contributed by atoms with E-state index in [0.29, 0.717) is 13.1 Å². The van der Waals surface area contributed by atoms with Crippen molar-refractivity contribution in [3.8, 4) is 0 Å². The molecule has 0 bridgehead atoms. The number of hydrogen-bond donors (Lipinski definition) is 3. The van der Waals surface area contributed by atoms with Crippen LogP contribution in [0.3, 0.4) is 0 Å². The van der Waals surface area contributed by atoms with Gasteiger partial charge in [-0.05, 0) is 49.7 Å². The molecule has 0 radical (unpaired) electrons. The van der Waals surface area contributed by atoms with E-state index in [1.807, 2.05) is 0 Å². The summed E-state index contributed by atoms with van der Waals surface area (Å²) in [5, 5.41) is 5.52. The molecule has 0 unspecified atom stereocenters. The van der Waals surface area contributed by atoms with Gasteiger partial charge in [0.25, 0.3) is 5.91 Å².